The third-order valence-electron chi connectivity index (χ3n) is 3.12. The van der Waals surface area contributed by atoms with E-state index >= 15 is 0 Å². The number of amides is 2. The van der Waals surface area contributed by atoms with Gasteiger partial charge in [0.15, 0.2) is 10.3 Å². The molecular formula is C16H12ClFN4O2S2. The van der Waals surface area contributed by atoms with E-state index in [1.165, 1.54) is 42.2 Å². The number of nitrogens with zero attached hydrogens (tertiary/aromatic N) is 2. The first-order chi connectivity index (χ1) is 12.4. The number of amidine groups is 1. The number of nitrogens with one attached hydrogen (secondary N) is 2. The topological polar surface area (TPSA) is 83.4 Å². The number of aliphatic imine (C=N–C) groups is 1. The first kappa shape index (κ1) is 18.6. The van der Waals surface area contributed by atoms with E-state index in [1.54, 1.807) is 18.3 Å². The Labute approximate surface area is 161 Å². The molecule has 26 heavy (non-hydrogen) atoms. The van der Waals surface area contributed by atoms with E-state index in [9.17, 15) is 14.0 Å². The summed E-state index contributed by atoms with van der Waals surface area (Å²) >= 11 is 8.20. The summed E-state index contributed by atoms with van der Waals surface area (Å²) in [5, 5.41) is 6.21. The zero-order chi connectivity index (χ0) is 18.7. The molecule has 0 atom stereocenters. The Morgan fingerprint density at radius 2 is 2.31 bits per heavy atom. The van der Waals surface area contributed by atoms with Crippen molar-refractivity contribution < 1.29 is 14.0 Å². The summed E-state index contributed by atoms with van der Waals surface area (Å²) in [6.45, 7) is 1.67. The van der Waals surface area contributed by atoms with Gasteiger partial charge in [0.1, 0.15) is 5.82 Å². The van der Waals surface area contributed by atoms with Crippen molar-refractivity contribution in [2.45, 2.75) is 13.5 Å². The summed E-state index contributed by atoms with van der Waals surface area (Å²) in [6, 6.07) is 4.37. The van der Waals surface area contributed by atoms with Crippen molar-refractivity contribution in [1.82, 2.24) is 10.3 Å². The van der Waals surface area contributed by atoms with Crippen LogP contribution in [-0.2, 0) is 16.1 Å². The number of hydrogen-bond donors (Lipinski definition) is 2. The van der Waals surface area contributed by atoms with Gasteiger partial charge in [-0.15, -0.1) is 0 Å². The highest BCUT2D eigenvalue weighted by Gasteiger charge is 2.24. The van der Waals surface area contributed by atoms with Crippen LogP contribution in [0.25, 0.3) is 6.08 Å². The molecule has 2 heterocycles. The van der Waals surface area contributed by atoms with E-state index in [0.717, 1.165) is 10.4 Å². The highest BCUT2D eigenvalue weighted by Crippen LogP contribution is 2.29. The molecule has 1 fully saturated rings. The number of benzene rings is 1. The highest BCUT2D eigenvalue weighted by molar-refractivity contribution is 8.18. The fourth-order valence-electron chi connectivity index (χ4n) is 1.99. The molecule has 0 radical (unpaired) electrons. The molecule has 1 saturated heterocycles. The molecule has 0 saturated carbocycles. The van der Waals surface area contributed by atoms with Crippen LogP contribution in [-0.4, -0.2) is 22.0 Å². The van der Waals surface area contributed by atoms with Gasteiger partial charge in [-0.05, 0) is 35.5 Å². The van der Waals surface area contributed by atoms with Gasteiger partial charge in [0, 0.05) is 13.1 Å². The van der Waals surface area contributed by atoms with E-state index in [2.05, 4.69) is 20.6 Å². The Kier molecular flexibility index (Phi) is 5.70. The summed E-state index contributed by atoms with van der Waals surface area (Å²) in [7, 11) is 0. The molecule has 0 bridgehead atoms. The van der Waals surface area contributed by atoms with E-state index < -0.39 is 5.82 Å². The van der Waals surface area contributed by atoms with E-state index in [-0.39, 0.29) is 23.4 Å². The quantitative estimate of drug-likeness (QED) is 0.753. The molecule has 0 spiro atoms. The van der Waals surface area contributed by atoms with E-state index in [0.29, 0.717) is 15.2 Å². The number of anilines is 1. The molecule has 2 N–H and O–H groups in total. The number of rotatable bonds is 4. The minimum absolute atomic E-state index is 0.0339. The Morgan fingerprint density at radius 3 is 3.04 bits per heavy atom. The number of thiazole rings is 1. The minimum Gasteiger partial charge on any atom is -0.302 e. The SMILES string of the molecule is CC(=O)Nc1ncc(C=C2SC(=NCc3ccc(F)c(Cl)c3)NC2=O)s1. The molecule has 1 aromatic heterocycles. The van der Waals surface area contributed by atoms with Crippen molar-refractivity contribution in [2.75, 3.05) is 5.32 Å². The van der Waals surface area contributed by atoms with Gasteiger partial charge in [-0.2, -0.15) is 0 Å². The van der Waals surface area contributed by atoms with Crippen LogP contribution in [0.5, 0.6) is 0 Å². The maximum atomic E-state index is 13.2. The summed E-state index contributed by atoms with van der Waals surface area (Å²) in [5.74, 6) is -0.956. The van der Waals surface area contributed by atoms with Crippen molar-refractivity contribution in [2.24, 2.45) is 4.99 Å². The normalized spacial score (nSPS) is 17.0. The van der Waals surface area contributed by atoms with Crippen LogP contribution < -0.4 is 10.6 Å². The van der Waals surface area contributed by atoms with Crippen LogP contribution >= 0.6 is 34.7 Å². The fraction of sp³-hybridized carbons (Fsp3) is 0.125. The molecule has 3 rings (SSSR count). The van der Waals surface area contributed by atoms with Crippen LogP contribution in [0, 0.1) is 5.82 Å². The number of carbonyl (C=O) groups is 2. The first-order valence-corrected chi connectivity index (χ1v) is 9.34. The predicted molar refractivity (Wildman–Crippen MR) is 103 cm³/mol. The second-order valence-electron chi connectivity index (χ2n) is 5.18. The van der Waals surface area contributed by atoms with Crippen molar-refractivity contribution in [1.29, 1.82) is 0 Å². The van der Waals surface area contributed by atoms with Gasteiger partial charge in [0.05, 0.1) is 21.3 Å². The minimum atomic E-state index is -0.486. The van der Waals surface area contributed by atoms with Crippen LogP contribution in [0.2, 0.25) is 5.02 Å². The molecule has 2 aromatic rings. The Balaban J connectivity index is 1.68. The Hall–Kier alpha value is -2.23. The summed E-state index contributed by atoms with van der Waals surface area (Å²) in [5.41, 5.74) is 0.735. The molecule has 2 amide bonds. The van der Waals surface area contributed by atoms with Crippen molar-refractivity contribution in [3.8, 4) is 0 Å². The molecule has 1 aliphatic heterocycles. The second kappa shape index (κ2) is 7.98. The van der Waals surface area contributed by atoms with Crippen molar-refractivity contribution >= 4 is 62.9 Å². The molecule has 0 unspecified atom stereocenters. The summed E-state index contributed by atoms with van der Waals surface area (Å²) in [4.78, 5) is 32.6. The molecule has 1 aliphatic rings. The van der Waals surface area contributed by atoms with Gasteiger partial charge in [-0.3, -0.25) is 14.6 Å². The van der Waals surface area contributed by atoms with Gasteiger partial charge < -0.3 is 10.6 Å². The molecular weight excluding hydrogens is 399 g/mol. The van der Waals surface area contributed by atoms with Crippen LogP contribution in [0.15, 0.2) is 34.3 Å². The van der Waals surface area contributed by atoms with Crippen LogP contribution in [0.3, 0.4) is 0 Å². The van der Waals surface area contributed by atoms with Crippen LogP contribution in [0.4, 0.5) is 9.52 Å². The zero-order valence-corrected chi connectivity index (χ0v) is 15.8. The van der Waals surface area contributed by atoms with Gasteiger partial charge in [-0.1, -0.05) is 29.0 Å². The molecule has 134 valence electrons. The highest BCUT2D eigenvalue weighted by atomic mass is 35.5. The monoisotopic (exact) mass is 410 g/mol. The van der Waals surface area contributed by atoms with Crippen LogP contribution in [0.1, 0.15) is 17.4 Å². The predicted octanol–water partition coefficient (Wildman–Crippen LogP) is 3.65. The smallest absolute Gasteiger partial charge is 0.264 e. The lowest BCUT2D eigenvalue weighted by atomic mass is 10.2. The number of hydrogen-bond acceptors (Lipinski definition) is 6. The average molecular weight is 411 g/mol. The first-order valence-electron chi connectivity index (χ1n) is 7.33. The van der Waals surface area contributed by atoms with Gasteiger partial charge in [0.25, 0.3) is 5.91 Å². The fourth-order valence-corrected chi connectivity index (χ4v) is 3.89. The standard InChI is InChI=1S/C16H12ClFN4O2S2/c1-8(23)21-15-20-7-10(25-15)5-13-14(24)22-16(26-13)19-6-9-2-3-12(18)11(17)4-9/h2-5,7H,6H2,1H3,(H,19,22,24)(H,20,21,23). The van der Waals surface area contributed by atoms with E-state index in [4.69, 9.17) is 11.6 Å². The molecule has 10 heteroatoms. The third kappa shape index (κ3) is 4.69. The lowest BCUT2D eigenvalue weighted by Gasteiger charge is -2.00. The summed E-state index contributed by atoms with van der Waals surface area (Å²) < 4.78 is 13.2. The van der Waals surface area contributed by atoms with Gasteiger partial charge in [0.2, 0.25) is 5.91 Å². The zero-order valence-electron chi connectivity index (χ0n) is 13.4. The van der Waals surface area contributed by atoms with Gasteiger partial charge >= 0.3 is 0 Å². The lowest BCUT2D eigenvalue weighted by molar-refractivity contribution is -0.115. The van der Waals surface area contributed by atoms with Gasteiger partial charge in [-0.25, -0.2) is 9.37 Å². The Morgan fingerprint density at radius 1 is 1.50 bits per heavy atom. The number of thioether (sulfide) groups is 1. The molecule has 6 nitrogen and oxygen atoms in total. The number of carbonyl (C=O) groups excluding carboxylic acids is 2. The molecule has 0 aliphatic carbocycles. The maximum Gasteiger partial charge on any atom is 0.264 e. The second-order valence-corrected chi connectivity index (χ2v) is 7.68. The molecule has 1 aromatic carbocycles. The van der Waals surface area contributed by atoms with Crippen molar-refractivity contribution in [3.63, 3.8) is 0 Å². The van der Waals surface area contributed by atoms with Crippen molar-refractivity contribution in [3.05, 3.63) is 50.6 Å². The largest absolute Gasteiger partial charge is 0.302 e. The number of aromatic nitrogens is 1. The van der Waals surface area contributed by atoms with E-state index in [1.807, 2.05) is 0 Å². The maximum absolute atomic E-state index is 13.2. The Bertz CT molecular complexity index is 942. The lowest BCUT2D eigenvalue weighted by Crippen LogP contribution is -2.19. The number of halogens is 2. The third-order valence-corrected chi connectivity index (χ3v) is 5.22. The summed E-state index contributed by atoms with van der Waals surface area (Å²) in [6.07, 6.45) is 3.26. The average Bonchev–Trinajstić information content (AvgIpc) is 3.15.